The van der Waals surface area contributed by atoms with Gasteiger partial charge in [-0.1, -0.05) is 13.8 Å². The zero-order valence-corrected chi connectivity index (χ0v) is 19.3. The van der Waals surface area contributed by atoms with E-state index in [2.05, 4.69) is 16.8 Å². The van der Waals surface area contributed by atoms with Gasteiger partial charge in [0.25, 0.3) is 0 Å². The minimum Gasteiger partial charge on any atom is -0.361 e. The van der Waals surface area contributed by atoms with Gasteiger partial charge in [-0.05, 0) is 73.0 Å². The van der Waals surface area contributed by atoms with Gasteiger partial charge in [-0.3, -0.25) is 4.79 Å². The third-order valence-electron chi connectivity index (χ3n) is 7.97. The lowest BCUT2D eigenvalue weighted by Gasteiger charge is -2.46. The molecule has 3 heterocycles. The second-order valence-electron chi connectivity index (χ2n) is 10.7. The molecule has 4 bridgehead atoms. The van der Waals surface area contributed by atoms with E-state index in [9.17, 15) is 13.2 Å². The summed E-state index contributed by atoms with van der Waals surface area (Å²) in [5.41, 5.74) is 1.59. The summed E-state index contributed by atoms with van der Waals surface area (Å²) >= 11 is 0. The Bertz CT molecular complexity index is 1160. The van der Waals surface area contributed by atoms with Crippen molar-refractivity contribution in [1.29, 1.82) is 0 Å². The number of fused-ring (bicyclic) bond motifs is 2. The van der Waals surface area contributed by atoms with E-state index in [1.54, 1.807) is 12.3 Å². The van der Waals surface area contributed by atoms with E-state index in [-0.39, 0.29) is 22.1 Å². The van der Waals surface area contributed by atoms with Crippen molar-refractivity contribution >= 4 is 26.6 Å². The van der Waals surface area contributed by atoms with Crippen molar-refractivity contribution in [1.82, 2.24) is 9.88 Å². The summed E-state index contributed by atoms with van der Waals surface area (Å²) in [5, 5.41) is 0.284. The highest BCUT2D eigenvalue weighted by atomic mass is 32.2. The van der Waals surface area contributed by atoms with Crippen LogP contribution >= 0.6 is 0 Å². The van der Waals surface area contributed by atoms with Crippen LogP contribution in [0, 0.1) is 23.1 Å². The molecule has 2 aromatic rings. The fourth-order valence-electron chi connectivity index (χ4n) is 6.96. The molecule has 2 aliphatic heterocycles. The maximum Gasteiger partial charge on any atom is 0.223 e. The van der Waals surface area contributed by atoms with Gasteiger partial charge < -0.3 is 9.88 Å². The van der Waals surface area contributed by atoms with Gasteiger partial charge in [0, 0.05) is 42.4 Å². The lowest BCUT2D eigenvalue weighted by Crippen LogP contribution is -2.44. The Kier molecular flexibility index (Phi) is 4.78. The molecule has 5 atom stereocenters. The molecule has 2 saturated heterocycles. The number of aromatic nitrogens is 1. The topological polar surface area (TPSA) is 70.2 Å². The number of benzene rings is 1. The van der Waals surface area contributed by atoms with Crippen LogP contribution in [0.4, 0.5) is 4.39 Å². The lowest BCUT2D eigenvalue weighted by molar-refractivity contribution is -0.134. The molecule has 4 aliphatic rings. The molecular formula is C24H31FN2O3S. The fourth-order valence-corrected chi connectivity index (χ4v) is 7.70. The number of amides is 1. The van der Waals surface area contributed by atoms with Gasteiger partial charge in [0.05, 0.1) is 0 Å². The molecule has 5 nitrogen and oxygen atoms in total. The predicted molar refractivity (Wildman–Crippen MR) is 118 cm³/mol. The highest BCUT2D eigenvalue weighted by Gasteiger charge is 2.49. The first-order valence-corrected chi connectivity index (χ1v) is 13.2. The highest BCUT2D eigenvalue weighted by molar-refractivity contribution is 7.90. The molecule has 168 valence electrons. The Morgan fingerprint density at radius 1 is 1.26 bits per heavy atom. The first-order valence-electron chi connectivity index (χ1n) is 11.3. The van der Waals surface area contributed by atoms with E-state index in [4.69, 9.17) is 0 Å². The SMILES string of the molecule is CC(CC(=O)N1CC2CC3CC1CC(C)(C3)C2)c1c[nH]c2ccc(S(C)(=O)=O)c(F)c12. The number of hydrogen-bond donors (Lipinski definition) is 1. The number of H-pyrrole nitrogens is 1. The van der Waals surface area contributed by atoms with Crippen LogP contribution in [0.2, 0.25) is 0 Å². The lowest BCUT2D eigenvalue weighted by atomic mass is 9.60. The first-order chi connectivity index (χ1) is 14.5. The summed E-state index contributed by atoms with van der Waals surface area (Å²) in [4.78, 5) is 18.3. The van der Waals surface area contributed by atoms with Gasteiger partial charge in [0.1, 0.15) is 4.90 Å². The van der Waals surface area contributed by atoms with Gasteiger partial charge in [-0.15, -0.1) is 0 Å². The molecule has 2 saturated carbocycles. The van der Waals surface area contributed by atoms with Crippen LogP contribution < -0.4 is 0 Å². The Balaban J connectivity index is 1.41. The molecule has 7 heteroatoms. The number of rotatable bonds is 4. The Labute approximate surface area is 183 Å². The van der Waals surface area contributed by atoms with Crippen molar-refractivity contribution in [2.75, 3.05) is 12.8 Å². The number of aromatic amines is 1. The molecule has 31 heavy (non-hydrogen) atoms. The normalized spacial score (nSPS) is 31.2. The summed E-state index contributed by atoms with van der Waals surface area (Å²) in [6.07, 6.45) is 9.02. The van der Waals surface area contributed by atoms with Crippen LogP contribution in [-0.2, 0) is 14.6 Å². The van der Waals surface area contributed by atoms with Crippen molar-refractivity contribution in [2.24, 2.45) is 17.3 Å². The Hall–Kier alpha value is -1.89. The van der Waals surface area contributed by atoms with E-state index in [0.717, 1.165) is 31.6 Å². The number of nitrogens with zero attached hydrogens (tertiary/aromatic N) is 1. The van der Waals surface area contributed by atoms with Crippen molar-refractivity contribution < 1.29 is 17.6 Å². The summed E-state index contributed by atoms with van der Waals surface area (Å²) in [5.74, 6) is 0.546. The monoisotopic (exact) mass is 446 g/mol. The molecule has 6 rings (SSSR count). The van der Waals surface area contributed by atoms with Crippen LogP contribution in [-0.4, -0.2) is 43.1 Å². The average molecular weight is 447 g/mol. The molecule has 0 radical (unpaired) electrons. The van der Waals surface area contributed by atoms with Gasteiger partial charge in [0.15, 0.2) is 15.7 Å². The molecule has 1 aromatic heterocycles. The number of sulfone groups is 1. The maximum atomic E-state index is 15.1. The number of halogens is 1. The van der Waals surface area contributed by atoms with Crippen molar-refractivity contribution in [3.63, 3.8) is 0 Å². The fraction of sp³-hybridized carbons (Fsp3) is 0.625. The number of nitrogens with one attached hydrogen (secondary N) is 1. The third-order valence-corrected chi connectivity index (χ3v) is 9.08. The van der Waals surface area contributed by atoms with Crippen LogP contribution in [0.3, 0.4) is 0 Å². The van der Waals surface area contributed by atoms with Crippen LogP contribution in [0.25, 0.3) is 10.9 Å². The van der Waals surface area contributed by atoms with Gasteiger partial charge in [0.2, 0.25) is 5.91 Å². The Morgan fingerprint density at radius 2 is 2.00 bits per heavy atom. The van der Waals surface area contributed by atoms with Gasteiger partial charge in [-0.25, -0.2) is 12.8 Å². The second kappa shape index (κ2) is 7.06. The largest absolute Gasteiger partial charge is 0.361 e. The van der Waals surface area contributed by atoms with Crippen molar-refractivity contribution in [2.45, 2.75) is 69.2 Å². The third kappa shape index (κ3) is 3.59. The van der Waals surface area contributed by atoms with Crippen LogP contribution in [0.1, 0.15) is 63.9 Å². The molecule has 1 amide bonds. The van der Waals surface area contributed by atoms with E-state index in [0.29, 0.717) is 34.9 Å². The van der Waals surface area contributed by atoms with Crippen molar-refractivity contribution in [3.8, 4) is 0 Å². The number of hydrogen-bond acceptors (Lipinski definition) is 3. The summed E-state index contributed by atoms with van der Waals surface area (Å²) in [6, 6.07) is 3.22. The van der Waals surface area contributed by atoms with E-state index in [1.165, 1.54) is 25.3 Å². The quantitative estimate of drug-likeness (QED) is 0.744. The molecule has 5 unspecified atom stereocenters. The van der Waals surface area contributed by atoms with Gasteiger partial charge in [-0.2, -0.15) is 0 Å². The molecule has 4 fully saturated rings. The molecule has 2 aliphatic carbocycles. The van der Waals surface area contributed by atoms with E-state index in [1.807, 2.05) is 6.92 Å². The minimum atomic E-state index is -3.67. The number of carbonyl (C=O) groups excluding carboxylic acids is 1. The van der Waals surface area contributed by atoms with Crippen LogP contribution in [0.15, 0.2) is 23.2 Å². The Morgan fingerprint density at radius 3 is 2.71 bits per heavy atom. The predicted octanol–water partition coefficient (Wildman–Crippen LogP) is 4.63. The smallest absolute Gasteiger partial charge is 0.223 e. The first kappa shape index (κ1) is 21.0. The van der Waals surface area contributed by atoms with Crippen molar-refractivity contribution in [3.05, 3.63) is 29.7 Å². The number of carbonyl (C=O) groups is 1. The zero-order valence-electron chi connectivity index (χ0n) is 18.4. The van der Waals surface area contributed by atoms with Gasteiger partial charge >= 0.3 is 0 Å². The summed E-state index contributed by atoms with van der Waals surface area (Å²) in [6.45, 7) is 5.17. The molecule has 1 N–H and O–H groups in total. The second-order valence-corrected chi connectivity index (χ2v) is 12.7. The minimum absolute atomic E-state index is 0.142. The molecule has 1 aromatic carbocycles. The van der Waals surface area contributed by atoms with E-state index < -0.39 is 15.7 Å². The molecule has 0 spiro atoms. The standard InChI is InChI=1S/C24H31FN2O3S/c1-14(18-12-26-19-4-5-20(31(3,29)30)23(25)22(18)19)6-21(28)27-13-16-7-15-8-17(27)11-24(2,9-15)10-16/h4-5,12,14-17,26H,6-11,13H2,1-3H3. The highest BCUT2D eigenvalue weighted by Crippen LogP contribution is 2.54. The van der Waals surface area contributed by atoms with Crippen LogP contribution in [0.5, 0.6) is 0 Å². The summed E-state index contributed by atoms with van der Waals surface area (Å²) in [7, 11) is -3.67. The maximum absolute atomic E-state index is 15.1. The zero-order chi connectivity index (χ0) is 22.1. The summed E-state index contributed by atoms with van der Waals surface area (Å²) < 4.78 is 39.1. The average Bonchev–Trinajstić information content (AvgIpc) is 3.00. The molecular weight excluding hydrogens is 415 g/mol. The van der Waals surface area contributed by atoms with E-state index >= 15 is 4.39 Å².